The van der Waals surface area contributed by atoms with Gasteiger partial charge in [-0.25, -0.2) is 0 Å². The molecular formula is C8H14ClNO. The molecular weight excluding hydrogens is 162 g/mol. The molecule has 2 N–H and O–H groups in total. The van der Waals surface area contributed by atoms with Crippen LogP contribution in [-0.4, -0.2) is 0 Å². The summed E-state index contributed by atoms with van der Waals surface area (Å²) in [6.45, 7) is 3.97. The Balaban J connectivity index is 0.000001000. The fourth-order valence-corrected chi connectivity index (χ4v) is 0.829. The quantitative estimate of drug-likeness (QED) is 0.749. The summed E-state index contributed by atoms with van der Waals surface area (Å²) in [5.41, 5.74) is 5.59. The summed E-state index contributed by atoms with van der Waals surface area (Å²) in [6, 6.07) is 3.92. The molecule has 0 aliphatic rings. The van der Waals surface area contributed by atoms with E-state index in [-0.39, 0.29) is 18.4 Å². The average molecular weight is 176 g/mol. The number of furan rings is 1. The Labute approximate surface area is 73.2 Å². The summed E-state index contributed by atoms with van der Waals surface area (Å²) in [5, 5.41) is 0. The highest BCUT2D eigenvalue weighted by Gasteiger charge is 2.03. The van der Waals surface area contributed by atoms with Crippen molar-refractivity contribution in [1.82, 2.24) is 0 Å². The Morgan fingerprint density at radius 1 is 1.55 bits per heavy atom. The summed E-state index contributed by atoms with van der Waals surface area (Å²) >= 11 is 0. The van der Waals surface area contributed by atoms with Crippen LogP contribution in [0.2, 0.25) is 0 Å². The topological polar surface area (TPSA) is 39.2 Å². The van der Waals surface area contributed by atoms with Crippen LogP contribution in [0.5, 0.6) is 0 Å². The largest absolute Gasteiger partial charge is 0.464 e. The van der Waals surface area contributed by atoms with Gasteiger partial charge in [-0.3, -0.25) is 0 Å². The molecule has 1 aromatic rings. The Morgan fingerprint density at radius 2 is 2.18 bits per heavy atom. The van der Waals surface area contributed by atoms with Gasteiger partial charge in [0.15, 0.2) is 0 Å². The summed E-state index contributed by atoms with van der Waals surface area (Å²) in [7, 11) is 0. The first-order valence-electron chi connectivity index (χ1n) is 3.58. The standard InChI is InChI=1S/C8H13NO.ClH/c1-3-7-4-5-8(10-7)6(2)9;/h4-6H,3,9H2,1-2H3;1H. The predicted molar refractivity (Wildman–Crippen MR) is 47.9 cm³/mol. The highest BCUT2D eigenvalue weighted by molar-refractivity contribution is 5.85. The molecule has 0 spiro atoms. The normalized spacial score (nSPS) is 12.3. The van der Waals surface area contributed by atoms with E-state index in [4.69, 9.17) is 10.2 Å². The third kappa shape index (κ3) is 2.56. The zero-order chi connectivity index (χ0) is 7.56. The van der Waals surface area contributed by atoms with E-state index in [9.17, 15) is 0 Å². The second kappa shape index (κ2) is 4.42. The molecule has 1 atom stereocenters. The van der Waals surface area contributed by atoms with Crippen LogP contribution in [0.1, 0.15) is 31.4 Å². The van der Waals surface area contributed by atoms with Crippen LogP contribution >= 0.6 is 12.4 Å². The maximum atomic E-state index is 5.59. The van der Waals surface area contributed by atoms with Crippen molar-refractivity contribution in [3.63, 3.8) is 0 Å². The summed E-state index contributed by atoms with van der Waals surface area (Å²) in [4.78, 5) is 0. The highest BCUT2D eigenvalue weighted by atomic mass is 35.5. The second-order valence-corrected chi connectivity index (χ2v) is 2.45. The van der Waals surface area contributed by atoms with E-state index >= 15 is 0 Å². The third-order valence-electron chi connectivity index (χ3n) is 1.48. The van der Waals surface area contributed by atoms with Gasteiger partial charge < -0.3 is 10.2 Å². The van der Waals surface area contributed by atoms with Gasteiger partial charge in [0.1, 0.15) is 11.5 Å². The number of halogens is 1. The summed E-state index contributed by atoms with van der Waals surface area (Å²) in [5.74, 6) is 1.88. The lowest BCUT2D eigenvalue weighted by molar-refractivity contribution is 0.446. The number of rotatable bonds is 2. The molecule has 1 unspecified atom stereocenters. The SMILES string of the molecule is CCc1ccc(C(C)N)o1.Cl. The lowest BCUT2D eigenvalue weighted by Gasteiger charge is -1.97. The van der Waals surface area contributed by atoms with Gasteiger partial charge in [0, 0.05) is 6.42 Å². The monoisotopic (exact) mass is 175 g/mol. The number of hydrogen-bond donors (Lipinski definition) is 1. The van der Waals surface area contributed by atoms with Crippen molar-refractivity contribution < 1.29 is 4.42 Å². The van der Waals surface area contributed by atoms with Crippen molar-refractivity contribution in [3.05, 3.63) is 23.7 Å². The number of nitrogens with two attached hydrogens (primary N) is 1. The Hall–Kier alpha value is -0.470. The second-order valence-electron chi connectivity index (χ2n) is 2.45. The van der Waals surface area contributed by atoms with E-state index in [1.165, 1.54) is 0 Å². The molecule has 0 aliphatic carbocycles. The van der Waals surface area contributed by atoms with Crippen LogP contribution in [0, 0.1) is 0 Å². The minimum atomic E-state index is 0. The first-order valence-corrected chi connectivity index (χ1v) is 3.58. The number of aryl methyl sites for hydroxylation is 1. The summed E-state index contributed by atoms with van der Waals surface area (Å²) < 4.78 is 5.37. The van der Waals surface area contributed by atoms with E-state index in [1.807, 2.05) is 19.1 Å². The minimum Gasteiger partial charge on any atom is -0.464 e. The van der Waals surface area contributed by atoms with Crippen molar-refractivity contribution >= 4 is 12.4 Å². The van der Waals surface area contributed by atoms with Crippen molar-refractivity contribution in [3.8, 4) is 0 Å². The van der Waals surface area contributed by atoms with Gasteiger partial charge in [0.2, 0.25) is 0 Å². The predicted octanol–water partition coefficient (Wildman–Crippen LogP) is 2.28. The van der Waals surface area contributed by atoms with Gasteiger partial charge >= 0.3 is 0 Å². The molecule has 64 valence electrons. The molecule has 3 heteroatoms. The average Bonchev–Trinajstić information content (AvgIpc) is 2.34. The molecule has 1 heterocycles. The van der Waals surface area contributed by atoms with Crippen molar-refractivity contribution in [2.24, 2.45) is 5.73 Å². The molecule has 0 bridgehead atoms. The van der Waals surface area contributed by atoms with Crippen LogP contribution in [0.3, 0.4) is 0 Å². The lowest BCUT2D eigenvalue weighted by Crippen LogP contribution is -2.02. The van der Waals surface area contributed by atoms with Gasteiger partial charge in [0.25, 0.3) is 0 Å². The van der Waals surface area contributed by atoms with Gasteiger partial charge in [-0.1, -0.05) is 6.92 Å². The molecule has 0 aromatic carbocycles. The summed E-state index contributed by atoms with van der Waals surface area (Å²) in [6.07, 6.45) is 0.937. The third-order valence-corrected chi connectivity index (χ3v) is 1.48. The highest BCUT2D eigenvalue weighted by Crippen LogP contribution is 2.13. The molecule has 1 rings (SSSR count). The minimum absolute atomic E-state index is 0. The molecule has 11 heavy (non-hydrogen) atoms. The van der Waals surface area contributed by atoms with Crippen molar-refractivity contribution in [2.45, 2.75) is 26.3 Å². The Kier molecular flexibility index (Phi) is 4.23. The van der Waals surface area contributed by atoms with E-state index in [0.29, 0.717) is 0 Å². The molecule has 0 radical (unpaired) electrons. The van der Waals surface area contributed by atoms with Crippen LogP contribution in [0.15, 0.2) is 16.5 Å². The van der Waals surface area contributed by atoms with Crippen molar-refractivity contribution in [2.75, 3.05) is 0 Å². The Bertz CT molecular complexity index is 208. The van der Waals surface area contributed by atoms with Gasteiger partial charge in [0.05, 0.1) is 6.04 Å². The fraction of sp³-hybridized carbons (Fsp3) is 0.500. The maximum Gasteiger partial charge on any atom is 0.120 e. The smallest absolute Gasteiger partial charge is 0.120 e. The lowest BCUT2D eigenvalue weighted by atomic mass is 10.3. The molecule has 0 saturated carbocycles. The van der Waals surface area contributed by atoms with E-state index < -0.39 is 0 Å². The number of hydrogen-bond acceptors (Lipinski definition) is 2. The Morgan fingerprint density at radius 3 is 2.45 bits per heavy atom. The van der Waals surface area contributed by atoms with Crippen LogP contribution in [0.4, 0.5) is 0 Å². The molecule has 0 amide bonds. The molecule has 0 fully saturated rings. The maximum absolute atomic E-state index is 5.59. The molecule has 2 nitrogen and oxygen atoms in total. The van der Waals surface area contributed by atoms with Crippen LogP contribution in [-0.2, 0) is 6.42 Å². The molecule has 0 aliphatic heterocycles. The van der Waals surface area contributed by atoms with Gasteiger partial charge in [-0.2, -0.15) is 0 Å². The van der Waals surface area contributed by atoms with E-state index in [0.717, 1.165) is 17.9 Å². The first kappa shape index (κ1) is 10.5. The molecule has 1 aromatic heterocycles. The van der Waals surface area contributed by atoms with Gasteiger partial charge in [-0.05, 0) is 19.1 Å². The molecule has 0 saturated heterocycles. The first-order chi connectivity index (χ1) is 4.74. The fourth-order valence-electron chi connectivity index (χ4n) is 0.829. The van der Waals surface area contributed by atoms with E-state index in [1.54, 1.807) is 0 Å². The zero-order valence-electron chi connectivity index (χ0n) is 6.83. The van der Waals surface area contributed by atoms with Crippen molar-refractivity contribution in [1.29, 1.82) is 0 Å². The van der Waals surface area contributed by atoms with Crippen LogP contribution in [0.25, 0.3) is 0 Å². The van der Waals surface area contributed by atoms with E-state index in [2.05, 4.69) is 6.92 Å². The zero-order valence-corrected chi connectivity index (χ0v) is 7.65. The van der Waals surface area contributed by atoms with Crippen LogP contribution < -0.4 is 5.73 Å². The van der Waals surface area contributed by atoms with Gasteiger partial charge in [-0.15, -0.1) is 12.4 Å².